The topological polar surface area (TPSA) is 9.23 Å². The number of rotatable bonds is 7. The van der Waals surface area contributed by atoms with Gasteiger partial charge in [0.25, 0.3) is 0 Å². The summed E-state index contributed by atoms with van der Waals surface area (Å²) in [6.45, 7) is 1.84. The van der Waals surface area contributed by atoms with Crippen LogP contribution in [0, 0.1) is 23.7 Å². The SMILES string of the molecule is CCOCC(CC=C[C@H]1CC[C@H](C2CCCCC2)CC1)C(F)(F)F. The Kier molecular flexibility index (Phi) is 8.12. The second-order valence-electron chi connectivity index (χ2n) is 7.63. The third-order valence-electron chi connectivity index (χ3n) is 5.95. The monoisotopic (exact) mass is 346 g/mol. The zero-order valence-electron chi connectivity index (χ0n) is 15.0. The summed E-state index contributed by atoms with van der Waals surface area (Å²) in [5.74, 6) is 0.901. The molecule has 0 N–H and O–H groups in total. The smallest absolute Gasteiger partial charge is 0.381 e. The fourth-order valence-electron chi connectivity index (χ4n) is 4.41. The molecule has 0 aromatic carbocycles. The molecule has 0 bridgehead atoms. The zero-order valence-corrected chi connectivity index (χ0v) is 15.0. The van der Waals surface area contributed by atoms with Gasteiger partial charge in [0.15, 0.2) is 0 Å². The molecule has 0 aromatic rings. The molecule has 0 spiro atoms. The zero-order chi connectivity index (χ0) is 17.4. The molecular weight excluding hydrogens is 313 g/mol. The standard InChI is InChI=1S/C20H33F3O/c1-2-24-15-19(20(21,22)23)10-6-7-16-11-13-18(14-12-16)17-8-4-3-5-9-17/h6-7,16-19H,2-5,8-15H2,1H3/t16-,18-,19?. The lowest BCUT2D eigenvalue weighted by atomic mass is 9.71. The number of allylic oxidation sites excluding steroid dienone is 2. The van der Waals surface area contributed by atoms with Crippen LogP contribution in [0.2, 0.25) is 0 Å². The van der Waals surface area contributed by atoms with Crippen molar-refractivity contribution in [1.29, 1.82) is 0 Å². The van der Waals surface area contributed by atoms with Crippen LogP contribution in [-0.4, -0.2) is 19.4 Å². The molecule has 24 heavy (non-hydrogen) atoms. The maximum Gasteiger partial charge on any atom is 0.394 e. The number of alkyl halides is 3. The summed E-state index contributed by atoms with van der Waals surface area (Å²) in [5.41, 5.74) is 0. The van der Waals surface area contributed by atoms with Crippen molar-refractivity contribution in [3.05, 3.63) is 12.2 Å². The summed E-state index contributed by atoms with van der Waals surface area (Å²) in [5, 5.41) is 0. The summed E-state index contributed by atoms with van der Waals surface area (Å²) >= 11 is 0. The molecule has 0 radical (unpaired) electrons. The van der Waals surface area contributed by atoms with Crippen LogP contribution in [0.5, 0.6) is 0 Å². The highest BCUT2D eigenvalue weighted by atomic mass is 19.4. The van der Waals surface area contributed by atoms with E-state index in [-0.39, 0.29) is 13.0 Å². The molecule has 2 aliphatic carbocycles. The minimum absolute atomic E-state index is 0.0477. The van der Waals surface area contributed by atoms with Crippen LogP contribution in [0.3, 0.4) is 0 Å². The van der Waals surface area contributed by atoms with Crippen molar-refractivity contribution in [3.8, 4) is 0 Å². The normalized spacial score (nSPS) is 28.3. The van der Waals surface area contributed by atoms with Crippen LogP contribution in [0.1, 0.15) is 71.1 Å². The van der Waals surface area contributed by atoms with Crippen LogP contribution in [0.4, 0.5) is 13.2 Å². The molecule has 1 atom stereocenters. The van der Waals surface area contributed by atoms with Crippen LogP contribution >= 0.6 is 0 Å². The molecule has 1 nitrogen and oxygen atoms in total. The van der Waals surface area contributed by atoms with E-state index < -0.39 is 12.1 Å². The Balaban J connectivity index is 1.72. The Morgan fingerprint density at radius 2 is 1.58 bits per heavy atom. The molecule has 140 valence electrons. The first kappa shape index (κ1) is 19.8. The first-order chi connectivity index (χ1) is 11.5. The summed E-state index contributed by atoms with van der Waals surface area (Å²) in [7, 11) is 0. The van der Waals surface area contributed by atoms with Gasteiger partial charge in [-0.2, -0.15) is 13.2 Å². The molecule has 0 heterocycles. The van der Waals surface area contributed by atoms with E-state index in [1.807, 2.05) is 6.08 Å². The second kappa shape index (κ2) is 9.84. The van der Waals surface area contributed by atoms with E-state index in [0.717, 1.165) is 24.7 Å². The van der Waals surface area contributed by atoms with Crippen molar-refractivity contribution in [3.63, 3.8) is 0 Å². The van der Waals surface area contributed by atoms with E-state index in [0.29, 0.717) is 12.5 Å². The van der Waals surface area contributed by atoms with Gasteiger partial charge in [-0.25, -0.2) is 0 Å². The van der Waals surface area contributed by atoms with E-state index in [9.17, 15) is 13.2 Å². The van der Waals surface area contributed by atoms with Crippen LogP contribution in [0.25, 0.3) is 0 Å². The minimum Gasteiger partial charge on any atom is -0.381 e. The third kappa shape index (κ3) is 6.42. The van der Waals surface area contributed by atoms with E-state index in [1.54, 1.807) is 13.0 Å². The molecule has 2 saturated carbocycles. The van der Waals surface area contributed by atoms with E-state index >= 15 is 0 Å². The minimum atomic E-state index is -4.17. The van der Waals surface area contributed by atoms with Crippen molar-refractivity contribution in [1.82, 2.24) is 0 Å². The largest absolute Gasteiger partial charge is 0.394 e. The molecule has 0 saturated heterocycles. The van der Waals surface area contributed by atoms with Gasteiger partial charge in [-0.3, -0.25) is 0 Å². The summed E-state index contributed by atoms with van der Waals surface area (Å²) in [4.78, 5) is 0. The average molecular weight is 346 g/mol. The van der Waals surface area contributed by atoms with Crippen molar-refractivity contribution >= 4 is 0 Å². The molecule has 1 unspecified atom stereocenters. The molecule has 2 fully saturated rings. The predicted molar refractivity (Wildman–Crippen MR) is 91.8 cm³/mol. The first-order valence-corrected chi connectivity index (χ1v) is 9.81. The average Bonchev–Trinajstić information content (AvgIpc) is 2.58. The van der Waals surface area contributed by atoms with Crippen molar-refractivity contribution in [2.75, 3.05) is 13.2 Å². The van der Waals surface area contributed by atoms with Gasteiger partial charge in [0, 0.05) is 6.61 Å². The number of halogens is 3. The quantitative estimate of drug-likeness (QED) is 0.476. The van der Waals surface area contributed by atoms with Crippen molar-refractivity contribution in [2.24, 2.45) is 23.7 Å². The highest BCUT2D eigenvalue weighted by Gasteiger charge is 2.38. The van der Waals surface area contributed by atoms with Crippen molar-refractivity contribution in [2.45, 2.75) is 77.3 Å². The Morgan fingerprint density at radius 3 is 2.17 bits per heavy atom. The van der Waals surface area contributed by atoms with Gasteiger partial charge in [0.05, 0.1) is 12.5 Å². The molecular formula is C20H33F3O. The number of hydrogen-bond donors (Lipinski definition) is 0. The Hall–Kier alpha value is -0.510. The van der Waals surface area contributed by atoms with Gasteiger partial charge in [0.2, 0.25) is 0 Å². The van der Waals surface area contributed by atoms with Crippen LogP contribution in [0.15, 0.2) is 12.2 Å². The number of hydrogen-bond acceptors (Lipinski definition) is 1. The fourth-order valence-corrected chi connectivity index (χ4v) is 4.41. The van der Waals surface area contributed by atoms with Crippen molar-refractivity contribution < 1.29 is 17.9 Å². The molecule has 0 aromatic heterocycles. The van der Waals surface area contributed by atoms with Gasteiger partial charge in [-0.15, -0.1) is 0 Å². The third-order valence-corrected chi connectivity index (χ3v) is 5.95. The maximum atomic E-state index is 13.0. The Morgan fingerprint density at radius 1 is 0.958 bits per heavy atom. The van der Waals surface area contributed by atoms with E-state index in [4.69, 9.17) is 4.74 Å². The maximum absolute atomic E-state index is 13.0. The van der Waals surface area contributed by atoms with E-state index in [2.05, 4.69) is 0 Å². The Bertz CT molecular complexity index is 364. The van der Waals surface area contributed by atoms with Gasteiger partial charge >= 0.3 is 6.18 Å². The number of ether oxygens (including phenoxy) is 1. The predicted octanol–water partition coefficient (Wildman–Crippen LogP) is 6.53. The molecule has 0 amide bonds. The lowest BCUT2D eigenvalue weighted by molar-refractivity contribution is -0.186. The lowest BCUT2D eigenvalue weighted by Crippen LogP contribution is -2.27. The summed E-state index contributed by atoms with van der Waals surface area (Å²) in [6, 6.07) is 0. The molecule has 0 aliphatic heterocycles. The lowest BCUT2D eigenvalue weighted by Gasteiger charge is -2.35. The fraction of sp³-hybridized carbons (Fsp3) is 0.900. The summed E-state index contributed by atoms with van der Waals surface area (Å²) < 4.78 is 43.8. The highest BCUT2D eigenvalue weighted by molar-refractivity contribution is 4.94. The Labute approximate surface area is 145 Å². The molecule has 4 heteroatoms. The van der Waals surface area contributed by atoms with Crippen LogP contribution < -0.4 is 0 Å². The highest BCUT2D eigenvalue weighted by Crippen LogP contribution is 2.40. The van der Waals surface area contributed by atoms with Gasteiger partial charge in [-0.1, -0.05) is 44.3 Å². The van der Waals surface area contributed by atoms with Gasteiger partial charge < -0.3 is 4.74 Å². The second-order valence-corrected chi connectivity index (χ2v) is 7.63. The van der Waals surface area contributed by atoms with Gasteiger partial charge in [-0.05, 0) is 56.8 Å². The molecule has 2 rings (SSSR count). The van der Waals surface area contributed by atoms with Crippen LogP contribution in [-0.2, 0) is 4.74 Å². The molecule has 2 aliphatic rings. The van der Waals surface area contributed by atoms with Gasteiger partial charge in [0.1, 0.15) is 0 Å². The first-order valence-electron chi connectivity index (χ1n) is 9.81. The summed E-state index contributed by atoms with van der Waals surface area (Å²) in [6.07, 6.45) is 11.5. The van der Waals surface area contributed by atoms with E-state index in [1.165, 1.54) is 44.9 Å².